The lowest BCUT2D eigenvalue weighted by Gasteiger charge is -2.14. The minimum absolute atomic E-state index is 0.127. The zero-order chi connectivity index (χ0) is 18.8. The third-order valence-corrected chi connectivity index (χ3v) is 6.68. The highest BCUT2D eigenvalue weighted by Crippen LogP contribution is 2.37. The van der Waals surface area contributed by atoms with Crippen LogP contribution in [0.4, 0.5) is 0 Å². The maximum atomic E-state index is 12.4. The molecule has 0 fully saturated rings. The molecule has 1 amide bonds. The molecule has 2 heterocycles. The van der Waals surface area contributed by atoms with Gasteiger partial charge in [-0.25, -0.2) is 0 Å². The number of likely N-dealkylation sites (N-methyl/N-ethyl adjacent to an activating group) is 1. The first-order chi connectivity index (χ1) is 13.1. The summed E-state index contributed by atoms with van der Waals surface area (Å²) in [6.45, 7) is 4.90. The second-order valence-corrected chi connectivity index (χ2v) is 8.62. The van der Waals surface area contributed by atoms with Crippen molar-refractivity contribution in [3.8, 4) is 0 Å². The zero-order valence-corrected chi connectivity index (χ0v) is 16.9. The number of rotatable bonds is 5. The van der Waals surface area contributed by atoms with Crippen LogP contribution in [0.25, 0.3) is 10.1 Å². The first kappa shape index (κ1) is 18.2. The molecule has 0 atom stereocenters. The Labute approximate surface area is 165 Å². The number of amides is 1. The topological polar surface area (TPSA) is 32.3 Å². The molecule has 140 valence electrons. The Bertz CT molecular complexity index is 961. The standard InChI is InChI=1S/C23H26N2OS/c1-16-8-10-20-23-18(16)12-13-25(2)15-19(23)21(27-20)14-24-22(26)11-9-17-6-4-3-5-7-17/h3-8,10H,9,11-15H2,1-2H3,(H,24,26). The van der Waals surface area contributed by atoms with E-state index in [0.717, 1.165) is 25.9 Å². The van der Waals surface area contributed by atoms with Gasteiger partial charge in [-0.15, -0.1) is 11.3 Å². The van der Waals surface area contributed by atoms with Crippen molar-refractivity contribution in [2.24, 2.45) is 0 Å². The summed E-state index contributed by atoms with van der Waals surface area (Å²) in [7, 11) is 2.19. The van der Waals surface area contributed by atoms with Gasteiger partial charge in [-0.3, -0.25) is 4.79 Å². The van der Waals surface area contributed by atoms with Crippen LogP contribution in [0.15, 0.2) is 42.5 Å². The molecule has 1 aliphatic rings. The number of nitrogens with zero attached hydrogens (tertiary/aromatic N) is 1. The van der Waals surface area contributed by atoms with Crippen LogP contribution >= 0.6 is 11.3 Å². The zero-order valence-electron chi connectivity index (χ0n) is 16.0. The fourth-order valence-electron chi connectivity index (χ4n) is 3.93. The molecular formula is C23H26N2OS. The maximum Gasteiger partial charge on any atom is 0.220 e. The lowest BCUT2D eigenvalue weighted by molar-refractivity contribution is -0.121. The van der Waals surface area contributed by atoms with Crippen LogP contribution in [0, 0.1) is 6.92 Å². The molecule has 0 spiro atoms. The predicted molar refractivity (Wildman–Crippen MR) is 113 cm³/mol. The van der Waals surface area contributed by atoms with Crippen LogP contribution in [-0.4, -0.2) is 24.4 Å². The summed E-state index contributed by atoms with van der Waals surface area (Å²) in [6.07, 6.45) is 2.43. The number of aryl methyl sites for hydroxylation is 2. The molecule has 1 aliphatic heterocycles. The van der Waals surface area contributed by atoms with E-state index in [1.165, 1.54) is 37.2 Å². The third-order valence-electron chi connectivity index (χ3n) is 5.48. The molecular weight excluding hydrogens is 352 g/mol. The van der Waals surface area contributed by atoms with Crippen LogP contribution < -0.4 is 5.32 Å². The van der Waals surface area contributed by atoms with Gasteiger partial charge < -0.3 is 10.2 Å². The van der Waals surface area contributed by atoms with Crippen molar-refractivity contribution in [3.63, 3.8) is 0 Å². The molecule has 4 heteroatoms. The number of hydrogen-bond acceptors (Lipinski definition) is 3. The van der Waals surface area contributed by atoms with E-state index in [4.69, 9.17) is 0 Å². The summed E-state index contributed by atoms with van der Waals surface area (Å²) in [5.74, 6) is 0.127. The smallest absolute Gasteiger partial charge is 0.220 e. The van der Waals surface area contributed by atoms with Crippen molar-refractivity contribution in [1.29, 1.82) is 0 Å². The highest BCUT2D eigenvalue weighted by atomic mass is 32.1. The van der Waals surface area contributed by atoms with Crippen molar-refractivity contribution >= 4 is 27.3 Å². The van der Waals surface area contributed by atoms with Gasteiger partial charge in [0, 0.05) is 34.5 Å². The van der Waals surface area contributed by atoms with Crippen LogP contribution in [0.5, 0.6) is 0 Å². The summed E-state index contributed by atoms with van der Waals surface area (Å²) < 4.78 is 1.36. The monoisotopic (exact) mass is 378 g/mol. The molecule has 1 aromatic heterocycles. The lowest BCUT2D eigenvalue weighted by Crippen LogP contribution is -2.24. The first-order valence-corrected chi connectivity index (χ1v) is 10.5. The van der Waals surface area contributed by atoms with E-state index < -0.39 is 0 Å². The van der Waals surface area contributed by atoms with Gasteiger partial charge in [0.1, 0.15) is 0 Å². The van der Waals surface area contributed by atoms with E-state index in [2.05, 4.69) is 48.5 Å². The quantitative estimate of drug-likeness (QED) is 0.711. The summed E-state index contributed by atoms with van der Waals surface area (Å²) in [4.78, 5) is 16.0. The van der Waals surface area contributed by atoms with E-state index in [0.29, 0.717) is 13.0 Å². The molecule has 27 heavy (non-hydrogen) atoms. The highest BCUT2D eigenvalue weighted by Gasteiger charge is 2.21. The minimum atomic E-state index is 0.127. The Morgan fingerprint density at radius 2 is 1.96 bits per heavy atom. The molecule has 0 saturated heterocycles. The molecule has 1 N–H and O–H groups in total. The largest absolute Gasteiger partial charge is 0.351 e. The summed E-state index contributed by atoms with van der Waals surface area (Å²) in [5.41, 5.74) is 5.50. The fraction of sp³-hybridized carbons (Fsp3) is 0.348. The van der Waals surface area contributed by atoms with Gasteiger partial charge in [0.15, 0.2) is 0 Å². The van der Waals surface area contributed by atoms with Gasteiger partial charge in [-0.05, 0) is 55.1 Å². The van der Waals surface area contributed by atoms with Gasteiger partial charge in [0.2, 0.25) is 5.91 Å². The summed E-state index contributed by atoms with van der Waals surface area (Å²) in [6, 6.07) is 14.7. The van der Waals surface area contributed by atoms with E-state index in [9.17, 15) is 4.79 Å². The van der Waals surface area contributed by atoms with E-state index >= 15 is 0 Å². The molecule has 0 saturated carbocycles. The van der Waals surface area contributed by atoms with Gasteiger partial charge >= 0.3 is 0 Å². The van der Waals surface area contributed by atoms with Gasteiger partial charge in [-0.1, -0.05) is 36.4 Å². The second kappa shape index (κ2) is 7.83. The normalized spacial score (nSPS) is 14.3. The third kappa shape index (κ3) is 3.92. The minimum Gasteiger partial charge on any atom is -0.351 e. The maximum absolute atomic E-state index is 12.4. The fourth-order valence-corrected chi connectivity index (χ4v) is 5.12. The van der Waals surface area contributed by atoms with E-state index in [1.54, 1.807) is 0 Å². The van der Waals surface area contributed by atoms with Crippen molar-refractivity contribution < 1.29 is 4.79 Å². The number of thiophene rings is 1. The Morgan fingerprint density at radius 3 is 2.78 bits per heavy atom. The van der Waals surface area contributed by atoms with Gasteiger partial charge in [0.05, 0.1) is 6.54 Å². The average molecular weight is 379 g/mol. The Morgan fingerprint density at radius 1 is 1.15 bits per heavy atom. The number of benzene rings is 2. The SMILES string of the molecule is Cc1ccc2sc(CNC(=O)CCc3ccccc3)c3c2c1CCN(C)C3. The average Bonchev–Trinajstić information content (AvgIpc) is 2.91. The van der Waals surface area contributed by atoms with Crippen LogP contribution in [0.2, 0.25) is 0 Å². The summed E-state index contributed by atoms with van der Waals surface area (Å²) >= 11 is 1.84. The van der Waals surface area contributed by atoms with Crippen molar-refractivity contribution in [2.75, 3.05) is 13.6 Å². The molecule has 0 bridgehead atoms. The number of hydrogen-bond donors (Lipinski definition) is 1. The molecule has 2 aromatic carbocycles. The van der Waals surface area contributed by atoms with E-state index in [1.807, 2.05) is 29.5 Å². The molecule has 3 aromatic rings. The van der Waals surface area contributed by atoms with Crippen molar-refractivity contribution in [1.82, 2.24) is 10.2 Å². The predicted octanol–water partition coefficient (Wildman–Crippen LogP) is 4.45. The molecule has 0 unspecified atom stereocenters. The Hall–Kier alpha value is -2.17. The summed E-state index contributed by atoms with van der Waals surface area (Å²) in [5, 5.41) is 4.59. The van der Waals surface area contributed by atoms with Crippen molar-refractivity contribution in [2.45, 2.75) is 39.3 Å². The molecule has 3 nitrogen and oxygen atoms in total. The van der Waals surface area contributed by atoms with Crippen molar-refractivity contribution in [3.05, 3.63) is 69.6 Å². The first-order valence-electron chi connectivity index (χ1n) is 9.63. The van der Waals surface area contributed by atoms with Crippen LogP contribution in [0.1, 0.15) is 33.6 Å². The number of carbonyl (C=O) groups is 1. The van der Waals surface area contributed by atoms with E-state index in [-0.39, 0.29) is 5.91 Å². The van der Waals surface area contributed by atoms with Gasteiger partial charge in [-0.2, -0.15) is 0 Å². The number of carbonyl (C=O) groups excluding carboxylic acids is 1. The molecule has 0 aliphatic carbocycles. The second-order valence-electron chi connectivity index (χ2n) is 7.49. The Kier molecular flexibility index (Phi) is 5.28. The lowest BCUT2D eigenvalue weighted by atomic mass is 9.99. The van der Waals surface area contributed by atoms with Crippen LogP contribution in [0.3, 0.4) is 0 Å². The number of nitrogens with one attached hydrogen (secondary N) is 1. The van der Waals surface area contributed by atoms with Crippen LogP contribution in [-0.2, 0) is 30.7 Å². The highest BCUT2D eigenvalue weighted by molar-refractivity contribution is 7.19. The molecule has 0 radical (unpaired) electrons. The molecule has 4 rings (SSSR count). The van der Waals surface area contributed by atoms with Gasteiger partial charge in [0.25, 0.3) is 0 Å². The Balaban J connectivity index is 1.50.